The fraction of sp³-hybridized carbons (Fsp3) is 0.107. The van der Waals surface area contributed by atoms with Crippen molar-refractivity contribution < 1.29 is 13.5 Å². The van der Waals surface area contributed by atoms with Crippen LogP contribution in [0.5, 0.6) is 5.75 Å². The number of nitrogens with zero attached hydrogens (tertiary/aromatic N) is 4. The molecule has 3 aromatic carbocycles. The van der Waals surface area contributed by atoms with Crippen molar-refractivity contribution in [3.8, 4) is 17.1 Å². The van der Waals surface area contributed by atoms with Crippen LogP contribution in [0.15, 0.2) is 76.2 Å². The summed E-state index contributed by atoms with van der Waals surface area (Å²) in [5.41, 5.74) is 2.16. The molecule has 5 aromatic rings. The van der Waals surface area contributed by atoms with Crippen LogP contribution in [-0.4, -0.2) is 20.7 Å². The number of hydrogen-bond acceptors (Lipinski definition) is 6. The number of rotatable bonds is 9. The number of aryl methyl sites for hydroxylation is 1. The second kappa shape index (κ2) is 12.7. The number of halogens is 5. The van der Waals surface area contributed by atoms with E-state index in [9.17, 15) is 4.39 Å². The van der Waals surface area contributed by atoms with E-state index in [2.05, 4.69) is 15.5 Å². The van der Waals surface area contributed by atoms with Crippen LogP contribution in [-0.2, 0) is 13.3 Å². The number of ether oxygens (including phenoxy) is 1. The standard InChI is InChI=1S/C28H20Cl4FN5O2S/c1-16-10-19(4-7-22(16)30)39-14-27-36-37(15-34-18-3-8-25(33)24(32)12-18)28(41)38(27)35-13-20-5-9-26(40-20)21-6-2-17(29)11-23(21)31/h2-13,34H,14-15H2,1H3/b35-13+. The lowest BCUT2D eigenvalue weighted by Crippen LogP contribution is -2.10. The van der Waals surface area contributed by atoms with E-state index in [1.54, 1.807) is 48.5 Å². The first-order valence-corrected chi connectivity index (χ1v) is 14.0. The first kappa shape index (κ1) is 29.2. The van der Waals surface area contributed by atoms with Crippen LogP contribution in [0.4, 0.5) is 10.1 Å². The molecule has 0 aliphatic carbocycles. The summed E-state index contributed by atoms with van der Waals surface area (Å²) in [4.78, 5) is 0. The van der Waals surface area contributed by atoms with Gasteiger partial charge < -0.3 is 14.5 Å². The average Bonchev–Trinajstić information content (AvgIpc) is 3.52. The molecule has 7 nitrogen and oxygen atoms in total. The summed E-state index contributed by atoms with van der Waals surface area (Å²) in [6, 6.07) is 18.4. The lowest BCUT2D eigenvalue weighted by atomic mass is 10.2. The van der Waals surface area contributed by atoms with Crippen LogP contribution >= 0.6 is 58.6 Å². The molecule has 0 atom stereocenters. The Balaban J connectivity index is 1.41. The van der Waals surface area contributed by atoms with Gasteiger partial charge in [0, 0.05) is 21.3 Å². The SMILES string of the molecule is Cc1cc(OCc2nn(CNc3ccc(F)c(Cl)c3)c(=S)n2/N=C/c2ccc(-c3ccc(Cl)cc3Cl)o2)ccc1Cl. The largest absolute Gasteiger partial charge is 0.486 e. The van der Waals surface area contributed by atoms with E-state index in [1.807, 2.05) is 13.0 Å². The predicted octanol–water partition coefficient (Wildman–Crippen LogP) is 9.27. The maximum atomic E-state index is 13.6. The fourth-order valence-electron chi connectivity index (χ4n) is 3.75. The van der Waals surface area contributed by atoms with Crippen LogP contribution in [0, 0.1) is 17.5 Å². The molecule has 13 heteroatoms. The summed E-state index contributed by atoms with van der Waals surface area (Å²) in [5, 5.41) is 13.9. The molecule has 0 bridgehead atoms. The van der Waals surface area contributed by atoms with Crippen LogP contribution in [0.2, 0.25) is 20.1 Å². The van der Waals surface area contributed by atoms with Gasteiger partial charge in [0.25, 0.3) is 0 Å². The zero-order chi connectivity index (χ0) is 29.1. The van der Waals surface area contributed by atoms with E-state index in [0.29, 0.717) is 49.4 Å². The predicted molar refractivity (Wildman–Crippen MR) is 164 cm³/mol. The van der Waals surface area contributed by atoms with Crippen molar-refractivity contribution in [3.63, 3.8) is 0 Å². The number of furan rings is 1. The van der Waals surface area contributed by atoms with Gasteiger partial charge in [-0.2, -0.15) is 9.78 Å². The molecule has 0 amide bonds. The molecule has 41 heavy (non-hydrogen) atoms. The Morgan fingerprint density at radius 2 is 1.83 bits per heavy atom. The van der Waals surface area contributed by atoms with Gasteiger partial charge in [-0.15, -0.1) is 5.10 Å². The van der Waals surface area contributed by atoms with E-state index in [0.717, 1.165) is 5.56 Å². The van der Waals surface area contributed by atoms with Gasteiger partial charge in [0.1, 0.15) is 36.4 Å². The quantitative estimate of drug-likeness (QED) is 0.127. The summed E-state index contributed by atoms with van der Waals surface area (Å²) in [7, 11) is 0. The first-order chi connectivity index (χ1) is 19.7. The van der Waals surface area contributed by atoms with Gasteiger partial charge in [-0.05, 0) is 91.4 Å². The second-order valence-electron chi connectivity index (χ2n) is 8.74. The fourth-order valence-corrected chi connectivity index (χ4v) is 4.81. The van der Waals surface area contributed by atoms with E-state index >= 15 is 0 Å². The minimum absolute atomic E-state index is 0.00113. The van der Waals surface area contributed by atoms with Crippen LogP contribution in [0.3, 0.4) is 0 Å². The van der Waals surface area contributed by atoms with Crippen molar-refractivity contribution in [1.82, 2.24) is 14.5 Å². The molecule has 2 aromatic heterocycles. The Labute approximate surface area is 259 Å². The highest BCUT2D eigenvalue weighted by molar-refractivity contribution is 7.71. The highest BCUT2D eigenvalue weighted by atomic mass is 35.5. The Morgan fingerprint density at radius 3 is 2.59 bits per heavy atom. The summed E-state index contributed by atoms with van der Waals surface area (Å²) in [6.45, 7) is 2.11. The number of benzene rings is 3. The minimum Gasteiger partial charge on any atom is -0.486 e. The highest BCUT2D eigenvalue weighted by Gasteiger charge is 2.13. The molecular weight excluding hydrogens is 631 g/mol. The lowest BCUT2D eigenvalue weighted by Gasteiger charge is -2.07. The third kappa shape index (κ3) is 6.94. The summed E-state index contributed by atoms with van der Waals surface area (Å²) < 4.78 is 28.7. The maximum absolute atomic E-state index is 13.6. The molecule has 0 saturated carbocycles. The molecule has 0 saturated heterocycles. The van der Waals surface area contributed by atoms with Crippen molar-refractivity contribution in [3.05, 3.63) is 115 Å². The van der Waals surface area contributed by atoms with Gasteiger partial charge in [0.05, 0.1) is 16.3 Å². The van der Waals surface area contributed by atoms with Gasteiger partial charge in [0.2, 0.25) is 4.77 Å². The maximum Gasteiger partial charge on any atom is 0.220 e. The van der Waals surface area contributed by atoms with Crippen molar-refractivity contribution in [1.29, 1.82) is 0 Å². The van der Waals surface area contributed by atoms with Gasteiger partial charge in [-0.25, -0.2) is 9.07 Å². The molecule has 2 heterocycles. The second-order valence-corrected chi connectivity index (χ2v) is 10.8. The van der Waals surface area contributed by atoms with Crippen molar-refractivity contribution in [2.75, 3.05) is 5.32 Å². The number of hydrogen-bond donors (Lipinski definition) is 1. The number of aromatic nitrogens is 3. The van der Waals surface area contributed by atoms with Crippen molar-refractivity contribution >= 4 is 70.5 Å². The van der Waals surface area contributed by atoms with Crippen molar-refractivity contribution in [2.24, 2.45) is 5.10 Å². The molecule has 0 aliphatic rings. The Bertz CT molecular complexity index is 1820. The number of anilines is 1. The Hall–Kier alpha value is -3.34. The topological polar surface area (TPSA) is 69.5 Å². The molecule has 0 spiro atoms. The first-order valence-electron chi connectivity index (χ1n) is 12.0. The molecule has 0 radical (unpaired) electrons. The van der Waals surface area contributed by atoms with E-state index in [4.69, 9.17) is 67.8 Å². The van der Waals surface area contributed by atoms with E-state index < -0.39 is 5.82 Å². The molecular formula is C28H20Cl4FN5O2S. The Morgan fingerprint density at radius 1 is 1.00 bits per heavy atom. The third-order valence-electron chi connectivity index (χ3n) is 5.86. The van der Waals surface area contributed by atoms with Crippen LogP contribution in [0.25, 0.3) is 11.3 Å². The molecule has 1 N–H and O–H groups in total. The molecule has 0 aliphatic heterocycles. The highest BCUT2D eigenvalue weighted by Crippen LogP contribution is 2.31. The Kier molecular flexibility index (Phi) is 9.01. The summed E-state index contributed by atoms with van der Waals surface area (Å²) in [6.07, 6.45) is 1.51. The van der Waals surface area contributed by atoms with Crippen molar-refractivity contribution in [2.45, 2.75) is 20.2 Å². The van der Waals surface area contributed by atoms with E-state index in [-0.39, 0.29) is 23.1 Å². The zero-order valence-electron chi connectivity index (χ0n) is 21.2. The van der Waals surface area contributed by atoms with Gasteiger partial charge in [-0.1, -0.05) is 46.4 Å². The summed E-state index contributed by atoms with van der Waals surface area (Å²) >= 11 is 30.0. The van der Waals surface area contributed by atoms with Gasteiger partial charge in [-0.3, -0.25) is 0 Å². The average molecular weight is 651 g/mol. The number of nitrogens with one attached hydrogen (secondary N) is 1. The van der Waals surface area contributed by atoms with E-state index in [1.165, 1.54) is 27.7 Å². The van der Waals surface area contributed by atoms with Gasteiger partial charge >= 0.3 is 0 Å². The zero-order valence-corrected chi connectivity index (χ0v) is 25.1. The van der Waals surface area contributed by atoms with Crippen LogP contribution in [0.1, 0.15) is 17.1 Å². The molecule has 0 unspecified atom stereocenters. The summed E-state index contributed by atoms with van der Waals surface area (Å²) in [5.74, 6) is 1.53. The molecule has 210 valence electrons. The molecule has 5 rings (SSSR count). The monoisotopic (exact) mass is 649 g/mol. The minimum atomic E-state index is -0.510. The lowest BCUT2D eigenvalue weighted by molar-refractivity contribution is 0.289. The van der Waals surface area contributed by atoms with Gasteiger partial charge in [0.15, 0.2) is 5.82 Å². The smallest absolute Gasteiger partial charge is 0.220 e. The normalized spacial score (nSPS) is 11.4. The van der Waals surface area contributed by atoms with Crippen LogP contribution < -0.4 is 10.1 Å². The molecule has 0 fully saturated rings. The third-order valence-corrected chi connectivity index (χ3v) is 7.50.